The minimum atomic E-state index is -0.380. The van der Waals surface area contributed by atoms with Crippen molar-refractivity contribution in [3.8, 4) is 0 Å². The van der Waals surface area contributed by atoms with E-state index in [1.807, 2.05) is 32.0 Å². The maximum atomic E-state index is 12.4. The lowest BCUT2D eigenvalue weighted by molar-refractivity contribution is -0.129. The van der Waals surface area contributed by atoms with E-state index in [9.17, 15) is 4.79 Å². The zero-order chi connectivity index (χ0) is 14.4. The summed E-state index contributed by atoms with van der Waals surface area (Å²) in [5.41, 5.74) is 2.15. The highest BCUT2D eigenvalue weighted by atomic mass is 16.2. The summed E-state index contributed by atoms with van der Waals surface area (Å²) < 4.78 is 0. The third-order valence-corrected chi connectivity index (χ3v) is 3.74. The molecule has 0 atom stereocenters. The summed E-state index contributed by atoms with van der Waals surface area (Å²) in [6.45, 7) is 6.62. The number of rotatable bonds is 5. The van der Waals surface area contributed by atoms with Crippen molar-refractivity contribution < 1.29 is 4.79 Å². The first-order valence-electron chi connectivity index (χ1n) is 7.29. The van der Waals surface area contributed by atoms with E-state index in [-0.39, 0.29) is 11.3 Å². The van der Waals surface area contributed by atoms with Gasteiger partial charge in [0.15, 0.2) is 0 Å². The summed E-state index contributed by atoms with van der Waals surface area (Å²) in [7, 11) is 0. The third-order valence-electron chi connectivity index (χ3n) is 3.74. The van der Waals surface area contributed by atoms with Crippen LogP contribution in [-0.2, 0) is 11.2 Å². The molecule has 2 rings (SSSR count). The Morgan fingerprint density at radius 1 is 1.30 bits per heavy atom. The summed E-state index contributed by atoms with van der Waals surface area (Å²) in [4.78, 5) is 12.4. The Morgan fingerprint density at radius 2 is 2.05 bits per heavy atom. The average Bonchev–Trinajstić information content (AvgIpc) is 2.46. The van der Waals surface area contributed by atoms with Gasteiger partial charge < -0.3 is 10.6 Å². The van der Waals surface area contributed by atoms with Gasteiger partial charge in [-0.1, -0.05) is 55.8 Å². The normalized spacial score (nSPS) is 15.6. The van der Waals surface area contributed by atoms with Crippen molar-refractivity contribution in [1.29, 1.82) is 0 Å². The zero-order valence-electron chi connectivity index (χ0n) is 12.4. The first-order valence-corrected chi connectivity index (χ1v) is 7.29. The third kappa shape index (κ3) is 4.20. The molecule has 1 aliphatic heterocycles. The van der Waals surface area contributed by atoms with E-state index in [1.165, 1.54) is 11.1 Å². The molecule has 0 saturated carbocycles. The largest absolute Gasteiger partial charge is 0.352 e. The van der Waals surface area contributed by atoms with Gasteiger partial charge >= 0.3 is 0 Å². The van der Waals surface area contributed by atoms with Crippen LogP contribution in [0, 0.1) is 5.41 Å². The SMILES string of the molecule is CC(C)(Cc1ccccc1)C(=O)NCC1=CCNCC1. The monoisotopic (exact) mass is 272 g/mol. The van der Waals surface area contributed by atoms with Crippen LogP contribution < -0.4 is 10.6 Å². The number of amides is 1. The second kappa shape index (κ2) is 6.71. The lowest BCUT2D eigenvalue weighted by atomic mass is 9.84. The van der Waals surface area contributed by atoms with Crippen LogP contribution in [0.4, 0.5) is 0 Å². The van der Waals surface area contributed by atoms with Crippen LogP contribution in [0.25, 0.3) is 0 Å². The van der Waals surface area contributed by atoms with E-state index in [4.69, 9.17) is 0 Å². The lowest BCUT2D eigenvalue weighted by Crippen LogP contribution is -2.40. The van der Waals surface area contributed by atoms with Gasteiger partial charge in [0.05, 0.1) is 0 Å². The van der Waals surface area contributed by atoms with Crippen LogP contribution in [0.5, 0.6) is 0 Å². The van der Waals surface area contributed by atoms with Crippen molar-refractivity contribution in [2.45, 2.75) is 26.7 Å². The van der Waals surface area contributed by atoms with Crippen molar-refractivity contribution in [2.75, 3.05) is 19.6 Å². The van der Waals surface area contributed by atoms with E-state index < -0.39 is 0 Å². The maximum Gasteiger partial charge on any atom is 0.226 e. The molecule has 0 aliphatic carbocycles. The molecule has 20 heavy (non-hydrogen) atoms. The molecule has 0 unspecified atom stereocenters. The van der Waals surface area contributed by atoms with E-state index >= 15 is 0 Å². The first kappa shape index (κ1) is 14.8. The Kier molecular flexibility index (Phi) is 4.96. The van der Waals surface area contributed by atoms with Gasteiger partial charge in [-0.2, -0.15) is 0 Å². The van der Waals surface area contributed by atoms with Crippen molar-refractivity contribution in [1.82, 2.24) is 10.6 Å². The molecular weight excluding hydrogens is 248 g/mol. The number of benzene rings is 1. The van der Waals surface area contributed by atoms with Gasteiger partial charge in [0.1, 0.15) is 0 Å². The Balaban J connectivity index is 1.88. The highest BCUT2D eigenvalue weighted by molar-refractivity contribution is 5.82. The summed E-state index contributed by atoms with van der Waals surface area (Å²) in [6.07, 6.45) is 3.97. The molecule has 2 N–H and O–H groups in total. The van der Waals surface area contributed by atoms with Crippen LogP contribution in [0.15, 0.2) is 42.0 Å². The summed E-state index contributed by atoms with van der Waals surface area (Å²) in [6, 6.07) is 10.2. The summed E-state index contributed by atoms with van der Waals surface area (Å²) in [5.74, 6) is 0.126. The van der Waals surface area contributed by atoms with Gasteiger partial charge in [0.2, 0.25) is 5.91 Å². The van der Waals surface area contributed by atoms with Crippen LogP contribution in [0.2, 0.25) is 0 Å². The molecule has 0 bridgehead atoms. The molecule has 1 aromatic rings. The molecular formula is C17H24N2O. The Bertz CT molecular complexity index is 477. The van der Waals surface area contributed by atoms with Gasteiger partial charge in [-0.05, 0) is 24.9 Å². The molecule has 1 heterocycles. The molecule has 0 radical (unpaired) electrons. The Morgan fingerprint density at radius 3 is 2.70 bits per heavy atom. The van der Waals surface area contributed by atoms with E-state index in [0.717, 1.165) is 25.9 Å². The predicted molar refractivity (Wildman–Crippen MR) is 82.5 cm³/mol. The van der Waals surface area contributed by atoms with Crippen molar-refractivity contribution in [3.63, 3.8) is 0 Å². The topological polar surface area (TPSA) is 41.1 Å². The standard InChI is InChI=1S/C17H24N2O/c1-17(2,12-14-6-4-3-5-7-14)16(20)19-13-15-8-10-18-11-9-15/h3-8,18H,9-13H2,1-2H3,(H,19,20). The second-order valence-corrected chi connectivity index (χ2v) is 6.05. The number of carbonyl (C=O) groups excluding carboxylic acids is 1. The van der Waals surface area contributed by atoms with Gasteiger partial charge in [0, 0.05) is 18.5 Å². The zero-order valence-corrected chi connectivity index (χ0v) is 12.4. The maximum absolute atomic E-state index is 12.4. The molecule has 3 heteroatoms. The number of carbonyl (C=O) groups is 1. The molecule has 1 amide bonds. The highest BCUT2D eigenvalue weighted by Crippen LogP contribution is 2.22. The van der Waals surface area contributed by atoms with E-state index in [1.54, 1.807) is 0 Å². The highest BCUT2D eigenvalue weighted by Gasteiger charge is 2.27. The number of nitrogens with one attached hydrogen (secondary N) is 2. The van der Waals surface area contributed by atoms with Crippen LogP contribution in [0.3, 0.4) is 0 Å². The smallest absolute Gasteiger partial charge is 0.226 e. The molecule has 108 valence electrons. The Labute approximate surface area is 121 Å². The molecule has 0 saturated heterocycles. The number of hydrogen-bond acceptors (Lipinski definition) is 2. The molecule has 0 spiro atoms. The van der Waals surface area contributed by atoms with Gasteiger partial charge in [-0.25, -0.2) is 0 Å². The fraction of sp³-hybridized carbons (Fsp3) is 0.471. The molecule has 3 nitrogen and oxygen atoms in total. The molecule has 0 fully saturated rings. The van der Waals surface area contributed by atoms with Crippen molar-refractivity contribution in [3.05, 3.63) is 47.5 Å². The lowest BCUT2D eigenvalue weighted by Gasteiger charge is -2.24. The predicted octanol–water partition coefficient (Wildman–Crippen LogP) is 2.29. The summed E-state index contributed by atoms with van der Waals surface area (Å²) >= 11 is 0. The van der Waals surface area contributed by atoms with Crippen LogP contribution in [0.1, 0.15) is 25.8 Å². The Hall–Kier alpha value is -1.61. The molecule has 1 aromatic carbocycles. The minimum absolute atomic E-state index is 0.126. The summed E-state index contributed by atoms with van der Waals surface area (Å²) in [5, 5.41) is 6.35. The van der Waals surface area contributed by atoms with E-state index in [0.29, 0.717) is 6.54 Å². The molecule has 0 aromatic heterocycles. The minimum Gasteiger partial charge on any atom is -0.352 e. The van der Waals surface area contributed by atoms with Crippen LogP contribution in [-0.4, -0.2) is 25.5 Å². The van der Waals surface area contributed by atoms with Gasteiger partial charge in [0.25, 0.3) is 0 Å². The second-order valence-electron chi connectivity index (χ2n) is 6.05. The van der Waals surface area contributed by atoms with Crippen molar-refractivity contribution in [2.24, 2.45) is 5.41 Å². The quantitative estimate of drug-likeness (QED) is 0.808. The van der Waals surface area contributed by atoms with Gasteiger partial charge in [-0.3, -0.25) is 4.79 Å². The fourth-order valence-corrected chi connectivity index (χ4v) is 2.45. The fourth-order valence-electron chi connectivity index (χ4n) is 2.45. The van der Waals surface area contributed by atoms with Crippen molar-refractivity contribution >= 4 is 5.91 Å². The molecule has 1 aliphatic rings. The number of hydrogen-bond donors (Lipinski definition) is 2. The van der Waals surface area contributed by atoms with E-state index in [2.05, 4.69) is 28.8 Å². The average molecular weight is 272 g/mol. The first-order chi connectivity index (χ1) is 9.58. The van der Waals surface area contributed by atoms with Crippen LogP contribution >= 0.6 is 0 Å². The van der Waals surface area contributed by atoms with Gasteiger partial charge in [-0.15, -0.1) is 0 Å².